The van der Waals surface area contributed by atoms with Crippen molar-refractivity contribution in [2.75, 3.05) is 6.61 Å². The van der Waals surface area contributed by atoms with E-state index in [0.717, 1.165) is 0 Å². The van der Waals surface area contributed by atoms with E-state index in [1.807, 2.05) is 6.56 Å². The molecule has 0 fully saturated rings. The van der Waals surface area contributed by atoms with Crippen molar-refractivity contribution in [3.05, 3.63) is 77.9 Å². The fourth-order valence-electron chi connectivity index (χ4n) is 3.15. The Morgan fingerprint density at radius 2 is 1.39 bits per heavy atom. The first kappa shape index (κ1) is 18.4. The first-order valence-corrected chi connectivity index (χ1v) is 12.6. The molecule has 0 bridgehead atoms. The zero-order valence-corrected chi connectivity index (χ0v) is 16.9. The molecule has 2 aliphatic rings. The largest absolute Gasteiger partial charge is 0.855 e. The summed E-state index contributed by atoms with van der Waals surface area (Å²) in [6.07, 6.45) is 11.8. The third-order valence-electron chi connectivity index (χ3n) is 4.28. The van der Waals surface area contributed by atoms with Crippen LogP contribution in [-0.4, -0.2) is 6.61 Å². The third kappa shape index (κ3) is 5.00. The van der Waals surface area contributed by atoms with Gasteiger partial charge in [0, 0.05) is 0 Å². The molecular formula is C21H26OZr. The van der Waals surface area contributed by atoms with Gasteiger partial charge in [-0.15, -0.1) is 6.61 Å². The molecule has 1 aromatic carbocycles. The first-order valence-electron chi connectivity index (χ1n) is 8.38. The van der Waals surface area contributed by atoms with Crippen LogP contribution < -0.4 is 5.11 Å². The van der Waals surface area contributed by atoms with Crippen LogP contribution in [0.5, 0.6) is 0 Å². The van der Waals surface area contributed by atoms with Crippen LogP contribution >= 0.6 is 0 Å². The predicted octanol–water partition coefficient (Wildman–Crippen LogP) is 4.64. The number of allylic oxidation sites excluding steroid dienone is 8. The van der Waals surface area contributed by atoms with E-state index in [-0.39, 0.29) is 6.61 Å². The molecule has 0 N–H and O–H groups in total. The summed E-state index contributed by atoms with van der Waals surface area (Å²) in [6.45, 7) is 6.19. The maximum absolute atomic E-state index is 8.93. The van der Waals surface area contributed by atoms with Gasteiger partial charge in [-0.05, 0) is 0 Å². The summed E-state index contributed by atoms with van der Waals surface area (Å²) >= 11 is -1.72. The molecule has 2 heteroatoms. The van der Waals surface area contributed by atoms with Gasteiger partial charge in [0.05, 0.1) is 0 Å². The van der Waals surface area contributed by atoms with Crippen LogP contribution in [0.3, 0.4) is 0 Å². The van der Waals surface area contributed by atoms with E-state index in [4.69, 9.17) is 5.11 Å². The Balaban J connectivity index is 0.000000595. The predicted molar refractivity (Wildman–Crippen MR) is 93.6 cm³/mol. The summed E-state index contributed by atoms with van der Waals surface area (Å²) < 4.78 is 4.95. The molecule has 0 saturated heterocycles. The third-order valence-corrected chi connectivity index (χ3v) is 12.7. The van der Waals surface area contributed by atoms with Gasteiger partial charge in [0.25, 0.3) is 0 Å². The molecule has 1 nitrogen and oxygen atoms in total. The van der Waals surface area contributed by atoms with Gasteiger partial charge in [-0.2, -0.15) is 0 Å². The van der Waals surface area contributed by atoms with Crippen LogP contribution in [0.25, 0.3) is 0 Å². The van der Waals surface area contributed by atoms with E-state index < -0.39 is 21.8 Å². The van der Waals surface area contributed by atoms with Crippen LogP contribution in [-0.2, 0) is 25.9 Å². The van der Waals surface area contributed by atoms with Gasteiger partial charge < -0.3 is 5.11 Å². The second-order valence-corrected chi connectivity index (χ2v) is 12.2. The van der Waals surface area contributed by atoms with E-state index >= 15 is 0 Å². The first-order chi connectivity index (χ1) is 11.2. The van der Waals surface area contributed by atoms with Crippen molar-refractivity contribution in [2.24, 2.45) is 0 Å². The Kier molecular flexibility index (Phi) is 7.47. The van der Waals surface area contributed by atoms with Crippen molar-refractivity contribution < 1.29 is 26.9 Å². The van der Waals surface area contributed by atoms with Crippen molar-refractivity contribution in [2.45, 2.75) is 37.7 Å². The minimum absolute atomic E-state index is 0. The Labute approximate surface area is 148 Å². The molecule has 0 heterocycles. The van der Waals surface area contributed by atoms with Crippen molar-refractivity contribution in [3.8, 4) is 0 Å². The maximum Gasteiger partial charge on any atom is -0.0809 e. The van der Waals surface area contributed by atoms with Gasteiger partial charge in [-0.25, -0.2) is 0 Å². The maximum atomic E-state index is 8.93. The van der Waals surface area contributed by atoms with Crippen LogP contribution in [0.4, 0.5) is 0 Å². The van der Waals surface area contributed by atoms with E-state index in [0.29, 0.717) is 0 Å². The normalized spacial score (nSPS) is 16.0. The summed E-state index contributed by atoms with van der Waals surface area (Å²) in [5, 5.41) is 8.93. The fourth-order valence-corrected chi connectivity index (χ4v) is 11.2. The van der Waals surface area contributed by atoms with Gasteiger partial charge in [-0.3, -0.25) is 0 Å². The number of benzene rings is 1. The smallest absolute Gasteiger partial charge is 0.0809 e. The second kappa shape index (κ2) is 9.35. The van der Waals surface area contributed by atoms with E-state index in [9.17, 15) is 0 Å². The van der Waals surface area contributed by atoms with Crippen molar-refractivity contribution in [1.82, 2.24) is 0 Å². The number of rotatable bonds is 4. The number of hydrogen-bond acceptors (Lipinski definition) is 1. The molecule has 3 rings (SSSR count). The zero-order chi connectivity index (χ0) is 16.7. The summed E-state index contributed by atoms with van der Waals surface area (Å²) in [4.78, 5) is 0. The topological polar surface area (TPSA) is 23.1 Å². The van der Waals surface area contributed by atoms with Gasteiger partial charge in [0.1, 0.15) is 0 Å². The van der Waals surface area contributed by atoms with Crippen LogP contribution in [0.2, 0.25) is 0 Å². The summed E-state index contributed by atoms with van der Waals surface area (Å²) in [7, 11) is 0. The van der Waals surface area contributed by atoms with Crippen molar-refractivity contribution in [1.29, 1.82) is 0 Å². The second-order valence-electron chi connectivity index (χ2n) is 5.97. The standard InChI is InChI=1S/C7H7.2C6H7.C2H5O.Zr/c1-7-5-3-2-4-6-7;2*1-6-4-2-3-5-6;1-2-3;/h2-6H,1H2;2*2,4H,3H2,1H3;2H2,1H3;/q;;;-1;+1. The monoisotopic (exact) mass is 384 g/mol. The molecule has 0 aliphatic heterocycles. The molecule has 0 amide bonds. The molecule has 0 unspecified atom stereocenters. The SMILES string of the molecule is CC1=[C]([Zr+]([CH2]c2ccccc2)[C]2=C(C)C=CC2)CC=C1.CC[O-]. The van der Waals surface area contributed by atoms with Gasteiger partial charge in [0.15, 0.2) is 0 Å². The van der Waals surface area contributed by atoms with Gasteiger partial charge in [-0.1, -0.05) is 6.92 Å². The Hall–Kier alpha value is -0.977. The summed E-state index contributed by atoms with van der Waals surface area (Å²) in [6, 6.07) is 11.1. The van der Waals surface area contributed by atoms with E-state index in [1.165, 1.54) is 22.5 Å². The average Bonchev–Trinajstić information content (AvgIpc) is 3.15. The molecule has 2 aliphatic carbocycles. The van der Waals surface area contributed by atoms with Gasteiger partial charge >= 0.3 is 130 Å². The summed E-state index contributed by atoms with van der Waals surface area (Å²) in [5.74, 6) is 0. The molecule has 0 saturated carbocycles. The van der Waals surface area contributed by atoms with Crippen molar-refractivity contribution >= 4 is 0 Å². The Morgan fingerprint density at radius 3 is 1.78 bits per heavy atom. The molecule has 120 valence electrons. The Morgan fingerprint density at radius 1 is 0.913 bits per heavy atom. The van der Waals surface area contributed by atoms with Gasteiger partial charge in [0.2, 0.25) is 0 Å². The minimum Gasteiger partial charge on any atom is -0.855 e. The molecule has 1 aromatic rings. The average molecular weight is 386 g/mol. The van der Waals surface area contributed by atoms with Crippen LogP contribution in [0, 0.1) is 0 Å². The van der Waals surface area contributed by atoms with E-state index in [2.05, 4.69) is 68.5 Å². The summed E-state index contributed by atoms with van der Waals surface area (Å²) in [5.41, 5.74) is 4.64. The Bertz CT molecular complexity index is 599. The molecule has 0 aromatic heterocycles. The van der Waals surface area contributed by atoms with Crippen LogP contribution in [0.15, 0.2) is 72.3 Å². The van der Waals surface area contributed by atoms with Crippen LogP contribution in [0.1, 0.15) is 39.2 Å². The minimum atomic E-state index is -1.72. The van der Waals surface area contributed by atoms with Crippen molar-refractivity contribution in [3.63, 3.8) is 0 Å². The van der Waals surface area contributed by atoms with E-state index in [1.54, 1.807) is 18.1 Å². The molecule has 0 spiro atoms. The molecule has 0 radical (unpaired) electrons. The zero-order valence-electron chi connectivity index (χ0n) is 14.4. The molecule has 23 heavy (non-hydrogen) atoms. The fraction of sp³-hybridized carbons (Fsp3) is 0.333. The molecular weight excluding hydrogens is 359 g/mol. The number of hydrogen-bond donors (Lipinski definition) is 0. The quantitative estimate of drug-likeness (QED) is 0.740. The molecule has 0 atom stereocenters.